The number of anilines is 1. The minimum absolute atomic E-state index is 0.0402. The Hall–Kier alpha value is -6.10. The molecule has 0 unspecified atom stereocenters. The minimum atomic E-state index is -3.33. The SMILES string of the molecule is [C-]#[N+]c1ccc(N(Cc2cccc(OC)c2C)C(=O)c2cc(-c3cc(F)c(OC(F)F)cc3C(=O)N3Cc4ccccc4C[C@H]3CN3CCOCC3)n(C)c2C)cc1. The number of benzene rings is 4. The van der Waals surface area contributed by atoms with Crippen LogP contribution in [-0.2, 0) is 31.3 Å². The van der Waals surface area contributed by atoms with Gasteiger partial charge in [0, 0.05) is 61.9 Å². The highest BCUT2D eigenvalue weighted by Crippen LogP contribution is 2.37. The molecular weight excluding hydrogens is 748 g/mol. The van der Waals surface area contributed by atoms with E-state index in [1.807, 2.05) is 49.4 Å². The Morgan fingerprint density at radius 3 is 2.36 bits per heavy atom. The number of ether oxygens (including phenoxy) is 3. The van der Waals surface area contributed by atoms with Crippen molar-refractivity contribution in [1.82, 2.24) is 14.4 Å². The quantitative estimate of drug-likeness (QED) is 0.125. The van der Waals surface area contributed by atoms with Crippen LogP contribution in [0.1, 0.15) is 48.7 Å². The molecule has 1 fully saturated rings. The molecular formula is C45H44F3N5O5. The number of halogens is 3. The number of alkyl halides is 2. The van der Waals surface area contributed by atoms with Crippen LogP contribution in [0, 0.1) is 26.2 Å². The van der Waals surface area contributed by atoms with Gasteiger partial charge in [-0.3, -0.25) is 14.5 Å². The first-order valence-electron chi connectivity index (χ1n) is 19.0. The highest BCUT2D eigenvalue weighted by Gasteiger charge is 2.35. The summed E-state index contributed by atoms with van der Waals surface area (Å²) in [5.41, 5.74) is 5.91. The molecule has 10 nitrogen and oxygen atoms in total. The van der Waals surface area contributed by atoms with Crippen molar-refractivity contribution in [1.29, 1.82) is 0 Å². The summed E-state index contributed by atoms with van der Waals surface area (Å²) in [6, 6.07) is 23.6. The van der Waals surface area contributed by atoms with Crippen LogP contribution >= 0.6 is 0 Å². The van der Waals surface area contributed by atoms with Crippen molar-refractivity contribution >= 4 is 23.2 Å². The second-order valence-electron chi connectivity index (χ2n) is 14.5. The van der Waals surface area contributed by atoms with Crippen LogP contribution in [0.25, 0.3) is 16.1 Å². The number of hydrogen-bond acceptors (Lipinski definition) is 6. The number of nitrogens with zero attached hydrogens (tertiary/aromatic N) is 5. The van der Waals surface area contributed by atoms with E-state index in [9.17, 15) is 18.4 Å². The van der Waals surface area contributed by atoms with Crippen molar-refractivity contribution in [2.24, 2.45) is 7.05 Å². The molecule has 0 saturated carbocycles. The van der Waals surface area contributed by atoms with Gasteiger partial charge in [0.15, 0.2) is 17.3 Å². The largest absolute Gasteiger partial charge is 0.496 e. The fraction of sp³-hybridized carbons (Fsp3) is 0.311. The normalized spacial score (nSPS) is 15.5. The van der Waals surface area contributed by atoms with E-state index in [-0.39, 0.29) is 41.7 Å². The summed E-state index contributed by atoms with van der Waals surface area (Å²) in [4.78, 5) is 38.8. The van der Waals surface area contributed by atoms with Crippen molar-refractivity contribution in [2.75, 3.05) is 44.9 Å². The maximum absolute atomic E-state index is 15.8. The lowest BCUT2D eigenvalue weighted by Gasteiger charge is -2.40. The van der Waals surface area contributed by atoms with E-state index < -0.39 is 24.1 Å². The van der Waals surface area contributed by atoms with Crippen molar-refractivity contribution in [3.8, 4) is 22.8 Å². The first-order valence-corrected chi connectivity index (χ1v) is 19.0. The second kappa shape index (κ2) is 17.2. The number of carbonyl (C=O) groups excluding carboxylic acids is 2. The van der Waals surface area contributed by atoms with E-state index in [1.54, 1.807) is 65.8 Å². The molecule has 7 rings (SSSR count). The lowest BCUT2D eigenvalue weighted by Crippen LogP contribution is -2.52. The number of rotatable bonds is 11. The van der Waals surface area contributed by atoms with Gasteiger partial charge in [0.05, 0.1) is 44.6 Å². The molecule has 1 aromatic heterocycles. The van der Waals surface area contributed by atoms with E-state index >= 15 is 4.39 Å². The van der Waals surface area contributed by atoms with Crippen LogP contribution in [-0.4, -0.2) is 78.8 Å². The summed E-state index contributed by atoms with van der Waals surface area (Å²) in [6.07, 6.45) is 0.567. The Morgan fingerprint density at radius 1 is 0.948 bits per heavy atom. The van der Waals surface area contributed by atoms with Gasteiger partial charge in [0.2, 0.25) is 0 Å². The van der Waals surface area contributed by atoms with E-state index in [0.717, 1.165) is 34.4 Å². The van der Waals surface area contributed by atoms with Gasteiger partial charge in [0.1, 0.15) is 5.75 Å². The molecule has 2 amide bonds. The molecule has 1 saturated heterocycles. The number of morpholine rings is 1. The van der Waals surface area contributed by atoms with Crippen LogP contribution < -0.4 is 14.4 Å². The fourth-order valence-corrected chi connectivity index (χ4v) is 7.88. The van der Waals surface area contributed by atoms with E-state index in [1.165, 1.54) is 0 Å². The Kier molecular flexibility index (Phi) is 11.9. The number of methoxy groups -OCH3 is 1. The molecule has 0 N–H and O–H groups in total. The molecule has 2 aliphatic heterocycles. The Labute approximate surface area is 335 Å². The molecule has 0 bridgehead atoms. The molecule has 4 aromatic carbocycles. The number of aromatic nitrogens is 1. The van der Waals surface area contributed by atoms with Crippen molar-refractivity contribution in [3.05, 3.63) is 141 Å². The topological polar surface area (TPSA) is 80.8 Å². The highest BCUT2D eigenvalue weighted by atomic mass is 19.3. The Morgan fingerprint density at radius 2 is 1.67 bits per heavy atom. The second-order valence-corrected chi connectivity index (χ2v) is 14.5. The standard InChI is InChI=1S/C45H44F3N5O5/c1-28-31(11-8-12-41(28)56-5)25-52(34-15-13-33(49-3)14-16-34)43(54)36-23-40(50(4)29(36)2)37-22-39(46)42(58-45(47)48)24-38(37)44(55)53-26-32-10-7-6-9-30(32)21-35(53)27-51-17-19-57-20-18-51/h6-16,22-24,35,45H,17-21,25-27H2,1-2,4-5H3/t35-/m0/s1. The monoisotopic (exact) mass is 791 g/mol. The zero-order valence-electron chi connectivity index (χ0n) is 32.8. The average Bonchev–Trinajstić information content (AvgIpc) is 3.53. The zero-order chi connectivity index (χ0) is 41.1. The summed E-state index contributed by atoms with van der Waals surface area (Å²) in [5, 5.41) is 0. The van der Waals surface area contributed by atoms with Gasteiger partial charge in [-0.25, -0.2) is 9.24 Å². The van der Waals surface area contributed by atoms with Crippen molar-refractivity contribution in [3.63, 3.8) is 0 Å². The minimum Gasteiger partial charge on any atom is -0.496 e. The highest BCUT2D eigenvalue weighted by molar-refractivity contribution is 6.08. The van der Waals surface area contributed by atoms with Gasteiger partial charge >= 0.3 is 6.61 Å². The molecule has 58 heavy (non-hydrogen) atoms. The third kappa shape index (κ3) is 8.16. The third-order valence-electron chi connectivity index (χ3n) is 11.2. The van der Waals surface area contributed by atoms with E-state index in [0.29, 0.717) is 67.8 Å². The predicted octanol–water partition coefficient (Wildman–Crippen LogP) is 8.36. The van der Waals surface area contributed by atoms with Gasteiger partial charge in [-0.15, -0.1) is 0 Å². The number of hydrogen-bond donors (Lipinski definition) is 0. The number of carbonyl (C=O) groups is 2. The number of fused-ring (bicyclic) bond motifs is 1. The van der Waals surface area contributed by atoms with Crippen LogP contribution in [0.15, 0.2) is 84.9 Å². The number of amides is 2. The lowest BCUT2D eigenvalue weighted by atomic mass is 9.92. The Balaban J connectivity index is 1.32. The first kappa shape index (κ1) is 40.1. The fourth-order valence-electron chi connectivity index (χ4n) is 7.88. The van der Waals surface area contributed by atoms with Gasteiger partial charge in [0.25, 0.3) is 11.8 Å². The zero-order valence-corrected chi connectivity index (χ0v) is 32.8. The molecule has 2 aliphatic rings. The summed E-state index contributed by atoms with van der Waals surface area (Å²) >= 11 is 0. The molecule has 5 aromatic rings. The molecule has 3 heterocycles. The van der Waals surface area contributed by atoms with Gasteiger partial charge in [-0.1, -0.05) is 48.5 Å². The summed E-state index contributed by atoms with van der Waals surface area (Å²) < 4.78 is 60.5. The molecule has 300 valence electrons. The summed E-state index contributed by atoms with van der Waals surface area (Å²) in [6.45, 7) is 11.3. The first-order chi connectivity index (χ1) is 28.0. The Bertz CT molecular complexity index is 2370. The van der Waals surface area contributed by atoms with Crippen LogP contribution in [0.2, 0.25) is 0 Å². The summed E-state index contributed by atoms with van der Waals surface area (Å²) in [7, 11) is 3.28. The third-order valence-corrected chi connectivity index (χ3v) is 11.2. The average molecular weight is 792 g/mol. The lowest BCUT2D eigenvalue weighted by molar-refractivity contribution is -0.0522. The van der Waals surface area contributed by atoms with Gasteiger partial charge < -0.3 is 28.6 Å². The smallest absolute Gasteiger partial charge is 0.387 e. The molecule has 0 radical (unpaired) electrons. The van der Waals surface area contributed by atoms with Crippen LogP contribution in [0.5, 0.6) is 11.5 Å². The molecule has 0 spiro atoms. The molecule has 13 heteroatoms. The maximum atomic E-state index is 15.8. The predicted molar refractivity (Wildman–Crippen MR) is 214 cm³/mol. The van der Waals surface area contributed by atoms with Crippen molar-refractivity contribution < 1.29 is 37.0 Å². The molecule has 0 aliphatic carbocycles. The van der Waals surface area contributed by atoms with E-state index in [4.69, 9.17) is 16.0 Å². The van der Waals surface area contributed by atoms with Crippen LogP contribution in [0.4, 0.5) is 24.5 Å². The van der Waals surface area contributed by atoms with Gasteiger partial charge in [-0.2, -0.15) is 8.78 Å². The van der Waals surface area contributed by atoms with Gasteiger partial charge in [-0.05, 0) is 78.9 Å². The van der Waals surface area contributed by atoms with Crippen LogP contribution in [0.3, 0.4) is 0 Å². The maximum Gasteiger partial charge on any atom is 0.387 e. The van der Waals surface area contributed by atoms with Crippen molar-refractivity contribution in [2.45, 2.75) is 46.0 Å². The molecule has 1 atom stereocenters. The summed E-state index contributed by atoms with van der Waals surface area (Å²) in [5.74, 6) is -2.05. The van der Waals surface area contributed by atoms with E-state index in [2.05, 4.69) is 14.5 Å².